The Labute approximate surface area is 200 Å². The van der Waals surface area contributed by atoms with E-state index in [1.165, 1.54) is 46.8 Å². The van der Waals surface area contributed by atoms with Gasteiger partial charge in [-0.05, 0) is 29.8 Å². The predicted molar refractivity (Wildman–Crippen MR) is 113 cm³/mol. The van der Waals surface area contributed by atoms with Gasteiger partial charge in [-0.2, -0.15) is 0 Å². The van der Waals surface area contributed by atoms with Crippen LogP contribution in [0.2, 0.25) is 0 Å². The fraction of sp³-hybridized carbons (Fsp3) is 0.211. The summed E-state index contributed by atoms with van der Waals surface area (Å²) in [7, 11) is 1.07. The second-order valence-corrected chi connectivity index (χ2v) is 7.10. The van der Waals surface area contributed by atoms with Crippen LogP contribution in [0.3, 0.4) is 0 Å². The van der Waals surface area contributed by atoms with Crippen molar-refractivity contribution in [3.8, 4) is 51.1 Å². The van der Waals surface area contributed by atoms with E-state index < -0.39 is 7.82 Å². The molecular weight excluding hydrogens is 440 g/mol. The normalized spacial score (nSPS) is 10.8. The molecule has 0 unspecified atom stereocenters. The molecule has 3 aromatic rings. The van der Waals surface area contributed by atoms with Gasteiger partial charge in [0.25, 0.3) is 0 Å². The summed E-state index contributed by atoms with van der Waals surface area (Å²) < 4.78 is 42.4. The number of phosphoric acid groups is 1. The molecule has 0 aliphatic rings. The third kappa shape index (κ3) is 5.54. The van der Waals surface area contributed by atoms with Crippen LogP contribution in [-0.2, 0) is 4.57 Å². The minimum atomic E-state index is -4.79. The summed E-state index contributed by atoms with van der Waals surface area (Å²) in [5.74, 6) is 1.32. The summed E-state index contributed by atoms with van der Waals surface area (Å²) in [5.41, 5.74) is 2.13. The Morgan fingerprint density at radius 3 is 1.94 bits per heavy atom. The number of rotatable bonds is 8. The zero-order valence-corrected chi connectivity index (χ0v) is 17.5. The molecule has 0 aliphatic carbocycles. The number of aromatic nitrogens is 1. The topological polar surface area (TPSA) is 130 Å². The third-order valence-corrected chi connectivity index (χ3v) is 4.63. The molecule has 31 heavy (non-hydrogen) atoms. The van der Waals surface area contributed by atoms with Gasteiger partial charge in [-0.3, -0.25) is 9.79 Å². The molecule has 0 radical (unpaired) electrons. The molecule has 0 aliphatic heterocycles. The predicted octanol–water partition coefficient (Wildman–Crippen LogP) is 2.87. The number of benzene rings is 2. The van der Waals surface area contributed by atoms with Crippen molar-refractivity contribution in [1.82, 2.24) is 5.16 Å². The average molecular weight is 461 g/mol. The molecule has 12 heteroatoms. The van der Waals surface area contributed by atoms with Crippen molar-refractivity contribution < 1.29 is 42.3 Å². The van der Waals surface area contributed by atoms with Crippen LogP contribution in [0, 0.1) is 0 Å². The van der Waals surface area contributed by atoms with Crippen LogP contribution in [0.4, 0.5) is 0 Å². The first-order valence-electron chi connectivity index (χ1n) is 8.49. The van der Waals surface area contributed by atoms with E-state index in [1.807, 2.05) is 0 Å². The molecule has 0 spiro atoms. The Morgan fingerprint density at radius 2 is 1.42 bits per heavy atom. The van der Waals surface area contributed by atoms with Gasteiger partial charge in [0.2, 0.25) is 5.75 Å². The van der Waals surface area contributed by atoms with Crippen molar-refractivity contribution in [3.05, 3.63) is 36.6 Å². The Hall–Kier alpha value is -2.20. The van der Waals surface area contributed by atoms with Crippen LogP contribution in [0.5, 0.6) is 28.7 Å². The first kappa shape index (κ1) is 25.1. The summed E-state index contributed by atoms with van der Waals surface area (Å²) in [6, 6.07) is 8.04. The monoisotopic (exact) mass is 461 g/mol. The van der Waals surface area contributed by atoms with Crippen LogP contribution < -0.4 is 23.5 Å². The second kappa shape index (κ2) is 10.4. The minimum absolute atomic E-state index is 0. The number of hydrogen-bond acceptors (Lipinski definition) is 8. The Morgan fingerprint density at radius 1 is 0.839 bits per heavy atom. The fourth-order valence-corrected chi connectivity index (χ4v) is 3.31. The van der Waals surface area contributed by atoms with Crippen LogP contribution >= 0.6 is 7.82 Å². The van der Waals surface area contributed by atoms with Gasteiger partial charge in [0, 0.05) is 11.1 Å². The van der Waals surface area contributed by atoms with Crippen LogP contribution in [0.1, 0.15) is 0 Å². The molecule has 0 amide bonds. The quantitative estimate of drug-likeness (QED) is 0.382. The van der Waals surface area contributed by atoms with Gasteiger partial charge in [0.15, 0.2) is 23.0 Å². The van der Waals surface area contributed by atoms with Gasteiger partial charge in [-0.15, -0.1) is 0 Å². The molecule has 0 bridgehead atoms. The van der Waals surface area contributed by atoms with Gasteiger partial charge in [-0.1, -0.05) is 11.2 Å². The molecule has 0 saturated heterocycles. The zero-order valence-electron chi connectivity index (χ0n) is 16.6. The second-order valence-electron chi connectivity index (χ2n) is 5.94. The van der Waals surface area contributed by atoms with E-state index in [-0.39, 0.29) is 41.1 Å². The first-order chi connectivity index (χ1) is 14.3. The SMILES string of the molecule is COc1ccc(-c2conc2-c2cc(OC)c(OC)c(OC)c2)cc1OP(=O)(O)O.[NaH]. The number of hydrogen-bond donors (Lipinski definition) is 2. The molecule has 2 aromatic carbocycles. The van der Waals surface area contributed by atoms with Crippen molar-refractivity contribution in [3.63, 3.8) is 0 Å². The molecular formula is C19H21NNaO9P. The van der Waals surface area contributed by atoms with Crippen LogP contribution in [-0.4, -0.2) is 72.9 Å². The maximum absolute atomic E-state index is 11.3. The van der Waals surface area contributed by atoms with E-state index in [4.69, 9.17) is 28.0 Å². The van der Waals surface area contributed by atoms with Gasteiger partial charge in [-0.25, -0.2) is 4.57 Å². The average Bonchev–Trinajstić information content (AvgIpc) is 3.21. The number of phosphoric ester groups is 1. The standard InChI is InChI=1S/C19H20NO9P.Na.H/c1-24-14-6-5-11(7-15(14)29-30(21,22)23)13-10-28-20-18(13)12-8-16(25-2)19(27-4)17(9-12)26-3;;/h5-10H,1-4H3,(H2,21,22,23);;. The van der Waals surface area contributed by atoms with E-state index in [0.717, 1.165) is 0 Å². The molecule has 3 rings (SSSR count). The van der Waals surface area contributed by atoms with Crippen molar-refractivity contribution in [1.29, 1.82) is 0 Å². The summed E-state index contributed by atoms with van der Waals surface area (Å²) in [6.07, 6.45) is 1.40. The first-order valence-corrected chi connectivity index (χ1v) is 10.0. The van der Waals surface area contributed by atoms with E-state index in [1.54, 1.807) is 18.2 Å². The van der Waals surface area contributed by atoms with E-state index in [2.05, 4.69) is 5.16 Å². The van der Waals surface area contributed by atoms with Gasteiger partial charge < -0.3 is 28.0 Å². The molecule has 1 aromatic heterocycles. The van der Waals surface area contributed by atoms with Crippen LogP contribution in [0.25, 0.3) is 22.4 Å². The molecule has 0 atom stereocenters. The Bertz CT molecular complexity index is 1070. The molecule has 10 nitrogen and oxygen atoms in total. The van der Waals surface area contributed by atoms with E-state index in [9.17, 15) is 14.4 Å². The number of nitrogens with zero attached hydrogens (tertiary/aromatic N) is 1. The van der Waals surface area contributed by atoms with E-state index >= 15 is 0 Å². The molecule has 2 N–H and O–H groups in total. The summed E-state index contributed by atoms with van der Waals surface area (Å²) in [5, 5.41) is 4.06. The van der Waals surface area contributed by atoms with Crippen molar-refractivity contribution >= 4 is 37.4 Å². The summed E-state index contributed by atoms with van der Waals surface area (Å²) in [6.45, 7) is 0. The molecule has 0 fully saturated rings. The van der Waals surface area contributed by atoms with Gasteiger partial charge in [0.1, 0.15) is 12.0 Å². The molecule has 1 heterocycles. The number of methoxy groups -OCH3 is 4. The maximum atomic E-state index is 11.3. The molecule has 0 saturated carbocycles. The summed E-state index contributed by atoms with van der Waals surface area (Å²) >= 11 is 0. The van der Waals surface area contributed by atoms with Crippen molar-refractivity contribution in [2.75, 3.05) is 28.4 Å². The number of ether oxygens (including phenoxy) is 4. The summed E-state index contributed by atoms with van der Waals surface area (Å²) in [4.78, 5) is 18.3. The van der Waals surface area contributed by atoms with Gasteiger partial charge >= 0.3 is 37.4 Å². The zero-order chi connectivity index (χ0) is 21.9. The van der Waals surface area contributed by atoms with E-state index in [0.29, 0.717) is 39.6 Å². The van der Waals surface area contributed by atoms with Gasteiger partial charge in [0.05, 0.1) is 28.4 Å². The van der Waals surface area contributed by atoms with Crippen molar-refractivity contribution in [2.24, 2.45) is 0 Å². The fourth-order valence-electron chi connectivity index (χ4n) is 2.91. The van der Waals surface area contributed by atoms with Crippen molar-refractivity contribution in [2.45, 2.75) is 0 Å². The molecule has 162 valence electrons. The third-order valence-electron chi connectivity index (χ3n) is 4.20. The van der Waals surface area contributed by atoms with Crippen LogP contribution in [0.15, 0.2) is 41.1 Å². The Balaban J connectivity index is 0.00000341. The Kier molecular flexibility index (Phi) is 8.41.